The van der Waals surface area contributed by atoms with Crippen LogP contribution in [0.3, 0.4) is 0 Å². The molecule has 1 heterocycles. The first kappa shape index (κ1) is 16.5. The molecule has 122 valence electrons. The van der Waals surface area contributed by atoms with Crippen molar-refractivity contribution < 1.29 is 9.47 Å². The van der Waals surface area contributed by atoms with E-state index < -0.39 is 0 Å². The SMILES string of the molecule is CO[C@H]1CCN(Cc2cccc(Br)c2OCc2ccccc2)C1. The summed E-state index contributed by atoms with van der Waals surface area (Å²) in [5.74, 6) is 0.942. The maximum atomic E-state index is 6.11. The third-order valence-corrected chi connectivity index (χ3v) is 4.86. The molecule has 0 aromatic heterocycles. The van der Waals surface area contributed by atoms with Gasteiger partial charge in [-0.1, -0.05) is 42.5 Å². The van der Waals surface area contributed by atoms with E-state index in [-0.39, 0.29) is 0 Å². The lowest BCUT2D eigenvalue weighted by Gasteiger charge is -2.19. The van der Waals surface area contributed by atoms with Crippen LogP contribution in [0.2, 0.25) is 0 Å². The second-order valence-corrected chi connectivity index (χ2v) is 6.74. The van der Waals surface area contributed by atoms with Crippen molar-refractivity contribution in [2.75, 3.05) is 20.2 Å². The standard InChI is InChI=1S/C19H22BrNO2/c1-22-17-10-11-21(13-17)12-16-8-5-9-18(20)19(16)23-14-15-6-3-2-4-7-15/h2-9,17H,10-14H2,1H3/t17-/m0/s1. The Kier molecular flexibility index (Phi) is 5.70. The molecule has 1 saturated heterocycles. The van der Waals surface area contributed by atoms with Crippen LogP contribution in [0, 0.1) is 0 Å². The summed E-state index contributed by atoms with van der Waals surface area (Å²) in [6.07, 6.45) is 1.46. The van der Waals surface area contributed by atoms with Crippen LogP contribution in [0.4, 0.5) is 0 Å². The minimum absolute atomic E-state index is 0.357. The maximum absolute atomic E-state index is 6.11. The van der Waals surface area contributed by atoms with Gasteiger partial charge in [0.25, 0.3) is 0 Å². The molecule has 4 heteroatoms. The highest BCUT2D eigenvalue weighted by molar-refractivity contribution is 9.10. The molecule has 0 saturated carbocycles. The number of halogens is 1. The van der Waals surface area contributed by atoms with Gasteiger partial charge in [-0.25, -0.2) is 0 Å². The van der Waals surface area contributed by atoms with E-state index in [1.807, 2.05) is 24.3 Å². The van der Waals surface area contributed by atoms with Crippen molar-refractivity contribution >= 4 is 15.9 Å². The molecule has 1 aliphatic rings. The van der Waals surface area contributed by atoms with Gasteiger partial charge >= 0.3 is 0 Å². The van der Waals surface area contributed by atoms with Gasteiger partial charge in [0, 0.05) is 32.3 Å². The molecule has 0 bridgehead atoms. The summed E-state index contributed by atoms with van der Waals surface area (Å²) >= 11 is 3.63. The summed E-state index contributed by atoms with van der Waals surface area (Å²) in [5.41, 5.74) is 2.39. The number of rotatable bonds is 6. The van der Waals surface area contributed by atoms with Gasteiger partial charge in [0.1, 0.15) is 12.4 Å². The van der Waals surface area contributed by atoms with Crippen molar-refractivity contribution in [2.24, 2.45) is 0 Å². The molecule has 0 radical (unpaired) electrons. The van der Waals surface area contributed by atoms with Crippen LogP contribution < -0.4 is 4.74 Å². The van der Waals surface area contributed by atoms with E-state index in [1.165, 1.54) is 11.1 Å². The van der Waals surface area contributed by atoms with Crippen LogP contribution in [0.1, 0.15) is 17.5 Å². The Morgan fingerprint density at radius 3 is 2.70 bits per heavy atom. The third-order valence-electron chi connectivity index (χ3n) is 4.23. The Hall–Kier alpha value is -1.36. The summed E-state index contributed by atoms with van der Waals surface area (Å²) in [6, 6.07) is 16.5. The molecular weight excluding hydrogens is 354 g/mol. The number of hydrogen-bond donors (Lipinski definition) is 0. The van der Waals surface area contributed by atoms with Crippen molar-refractivity contribution in [3.63, 3.8) is 0 Å². The summed E-state index contributed by atoms with van der Waals surface area (Å²) < 4.78 is 12.6. The number of likely N-dealkylation sites (tertiary alicyclic amines) is 1. The van der Waals surface area contributed by atoms with Gasteiger partial charge in [-0.3, -0.25) is 4.90 Å². The lowest BCUT2D eigenvalue weighted by atomic mass is 10.2. The Morgan fingerprint density at radius 1 is 1.13 bits per heavy atom. The van der Waals surface area contributed by atoms with Crippen LogP contribution in [-0.2, 0) is 17.9 Å². The van der Waals surface area contributed by atoms with Gasteiger partial charge in [0.2, 0.25) is 0 Å². The minimum atomic E-state index is 0.357. The molecule has 1 aliphatic heterocycles. The number of hydrogen-bond acceptors (Lipinski definition) is 3. The second kappa shape index (κ2) is 7.95. The molecule has 3 rings (SSSR count). The predicted octanol–water partition coefficient (Wildman–Crippen LogP) is 4.25. The quantitative estimate of drug-likeness (QED) is 0.753. The normalized spacial score (nSPS) is 18.3. The van der Waals surface area contributed by atoms with E-state index in [9.17, 15) is 0 Å². The molecule has 0 N–H and O–H groups in total. The van der Waals surface area contributed by atoms with E-state index in [0.717, 1.165) is 36.3 Å². The highest BCUT2D eigenvalue weighted by atomic mass is 79.9. The zero-order valence-electron chi connectivity index (χ0n) is 13.4. The van der Waals surface area contributed by atoms with Gasteiger partial charge in [-0.15, -0.1) is 0 Å². The van der Waals surface area contributed by atoms with Crippen LogP contribution in [-0.4, -0.2) is 31.2 Å². The largest absolute Gasteiger partial charge is 0.487 e. The van der Waals surface area contributed by atoms with Crippen molar-refractivity contribution in [1.29, 1.82) is 0 Å². The topological polar surface area (TPSA) is 21.7 Å². The minimum Gasteiger partial charge on any atom is -0.487 e. The zero-order chi connectivity index (χ0) is 16.1. The molecule has 0 spiro atoms. The van der Waals surface area contributed by atoms with Crippen molar-refractivity contribution in [2.45, 2.75) is 25.7 Å². The van der Waals surface area contributed by atoms with Crippen molar-refractivity contribution in [1.82, 2.24) is 4.90 Å². The van der Waals surface area contributed by atoms with Gasteiger partial charge in [0.05, 0.1) is 10.6 Å². The summed E-state index contributed by atoms with van der Waals surface area (Å²) in [5, 5.41) is 0. The highest BCUT2D eigenvalue weighted by Gasteiger charge is 2.23. The Bertz CT molecular complexity index is 633. The average Bonchev–Trinajstić information content (AvgIpc) is 3.03. The molecule has 0 unspecified atom stereocenters. The average molecular weight is 376 g/mol. The van der Waals surface area contributed by atoms with Crippen LogP contribution in [0.15, 0.2) is 53.0 Å². The van der Waals surface area contributed by atoms with Crippen LogP contribution in [0.5, 0.6) is 5.75 Å². The fourth-order valence-corrected chi connectivity index (χ4v) is 3.47. The number of nitrogens with zero attached hydrogens (tertiary/aromatic N) is 1. The molecule has 2 aromatic carbocycles. The van der Waals surface area contributed by atoms with E-state index in [2.05, 4.69) is 45.1 Å². The van der Waals surface area contributed by atoms with Crippen LogP contribution in [0.25, 0.3) is 0 Å². The van der Waals surface area contributed by atoms with Gasteiger partial charge < -0.3 is 9.47 Å². The Balaban J connectivity index is 1.69. The monoisotopic (exact) mass is 375 g/mol. The molecule has 0 aliphatic carbocycles. The lowest BCUT2D eigenvalue weighted by molar-refractivity contribution is 0.107. The van der Waals surface area contributed by atoms with E-state index in [4.69, 9.17) is 9.47 Å². The van der Waals surface area contributed by atoms with Gasteiger partial charge in [0.15, 0.2) is 0 Å². The first-order chi connectivity index (χ1) is 11.3. The summed E-state index contributed by atoms with van der Waals surface area (Å²) in [4.78, 5) is 2.42. The molecule has 1 fully saturated rings. The van der Waals surface area contributed by atoms with E-state index in [1.54, 1.807) is 7.11 Å². The fraction of sp³-hybridized carbons (Fsp3) is 0.368. The number of benzene rings is 2. The lowest BCUT2D eigenvalue weighted by Crippen LogP contribution is -2.22. The number of para-hydroxylation sites is 1. The number of methoxy groups -OCH3 is 1. The zero-order valence-corrected chi connectivity index (χ0v) is 15.0. The van der Waals surface area contributed by atoms with Crippen molar-refractivity contribution in [3.05, 3.63) is 64.1 Å². The summed E-state index contributed by atoms with van der Waals surface area (Å²) in [6.45, 7) is 3.53. The molecule has 23 heavy (non-hydrogen) atoms. The smallest absolute Gasteiger partial charge is 0.138 e. The maximum Gasteiger partial charge on any atom is 0.138 e. The highest BCUT2D eigenvalue weighted by Crippen LogP contribution is 2.31. The first-order valence-corrected chi connectivity index (χ1v) is 8.75. The summed E-state index contributed by atoms with van der Waals surface area (Å²) in [7, 11) is 1.79. The fourth-order valence-electron chi connectivity index (χ4n) is 2.94. The Labute approximate surface area is 146 Å². The molecule has 1 atom stereocenters. The first-order valence-electron chi connectivity index (χ1n) is 7.95. The molecule has 3 nitrogen and oxygen atoms in total. The second-order valence-electron chi connectivity index (χ2n) is 5.88. The van der Waals surface area contributed by atoms with Gasteiger partial charge in [-0.2, -0.15) is 0 Å². The molecular formula is C19H22BrNO2. The van der Waals surface area contributed by atoms with E-state index in [0.29, 0.717) is 12.7 Å². The van der Waals surface area contributed by atoms with Crippen LogP contribution >= 0.6 is 15.9 Å². The predicted molar refractivity (Wildman–Crippen MR) is 95.6 cm³/mol. The third kappa shape index (κ3) is 4.34. The Morgan fingerprint density at radius 2 is 1.96 bits per heavy atom. The molecule has 2 aromatic rings. The van der Waals surface area contributed by atoms with Gasteiger partial charge in [-0.05, 0) is 34.0 Å². The molecule has 0 amide bonds. The number of ether oxygens (including phenoxy) is 2. The van der Waals surface area contributed by atoms with E-state index >= 15 is 0 Å². The van der Waals surface area contributed by atoms with Crippen molar-refractivity contribution in [3.8, 4) is 5.75 Å².